The van der Waals surface area contributed by atoms with E-state index in [1.54, 1.807) is 0 Å². The molecule has 6 nitrogen and oxygen atoms in total. The molecule has 0 fully saturated rings. The van der Waals surface area contributed by atoms with Crippen molar-refractivity contribution in [1.29, 1.82) is 0 Å². The van der Waals surface area contributed by atoms with Gasteiger partial charge in [-0.3, -0.25) is 4.79 Å². The van der Waals surface area contributed by atoms with Crippen LogP contribution in [0.15, 0.2) is 30.3 Å². The average molecular weight is 533 g/mol. The molecule has 3 N–H and O–H groups in total. The van der Waals surface area contributed by atoms with E-state index in [0.29, 0.717) is 19.6 Å². The normalized spacial score (nSPS) is 11.7. The zero-order chi connectivity index (χ0) is 27.5. The first-order chi connectivity index (χ1) is 18.6. The third-order valence-electron chi connectivity index (χ3n) is 6.97. The second kappa shape index (κ2) is 25.2. The van der Waals surface area contributed by atoms with Crippen molar-refractivity contribution in [2.75, 3.05) is 13.2 Å². The number of unbranched alkanes of at least 4 members (excludes halogenated alkanes) is 16. The Morgan fingerprint density at radius 1 is 0.711 bits per heavy atom. The molecular weight excluding hydrogens is 476 g/mol. The summed E-state index contributed by atoms with van der Waals surface area (Å²) in [6, 6.07) is 8.97. The van der Waals surface area contributed by atoms with Crippen LogP contribution in [0.5, 0.6) is 0 Å². The van der Waals surface area contributed by atoms with Crippen LogP contribution in [-0.4, -0.2) is 31.3 Å². The summed E-state index contributed by atoms with van der Waals surface area (Å²) in [5.74, 6) is -0.318. The van der Waals surface area contributed by atoms with Gasteiger partial charge in [0.2, 0.25) is 0 Å². The van der Waals surface area contributed by atoms with Crippen LogP contribution in [-0.2, 0) is 20.9 Å². The molecule has 218 valence electrons. The van der Waals surface area contributed by atoms with Gasteiger partial charge in [0, 0.05) is 6.54 Å². The van der Waals surface area contributed by atoms with Gasteiger partial charge in [0.1, 0.15) is 12.6 Å². The van der Waals surface area contributed by atoms with E-state index < -0.39 is 12.1 Å². The standard InChI is InChI=1S/C32H56N2O4/c1-2-3-4-5-6-7-8-9-10-11-12-13-14-15-16-22-27-37-31(35)30(33)25-20-21-26-34-32(36)38-28-29-23-18-17-19-24-29/h17-19,23-24,30H,2-16,20-22,25-28,33H2,1H3,(H,34,36)/t30-/m0/s1. The fourth-order valence-corrected chi connectivity index (χ4v) is 4.50. The number of alkyl carbamates (subject to hydrolysis) is 1. The van der Waals surface area contributed by atoms with E-state index in [0.717, 1.165) is 31.2 Å². The van der Waals surface area contributed by atoms with Crippen LogP contribution in [0.1, 0.15) is 134 Å². The number of carbonyl (C=O) groups is 2. The van der Waals surface area contributed by atoms with Crippen molar-refractivity contribution in [1.82, 2.24) is 5.32 Å². The fourth-order valence-electron chi connectivity index (χ4n) is 4.50. The number of benzene rings is 1. The zero-order valence-electron chi connectivity index (χ0n) is 24.2. The Balaban J connectivity index is 1.82. The first-order valence-electron chi connectivity index (χ1n) is 15.5. The van der Waals surface area contributed by atoms with Gasteiger partial charge in [0.25, 0.3) is 0 Å². The lowest BCUT2D eigenvalue weighted by atomic mass is 10.0. The monoisotopic (exact) mass is 532 g/mol. The fraction of sp³-hybridized carbons (Fsp3) is 0.750. The molecule has 0 heterocycles. The maximum Gasteiger partial charge on any atom is 0.407 e. The SMILES string of the molecule is CCCCCCCCCCCCCCCCCCOC(=O)[C@@H](N)CCCCNC(=O)OCc1ccccc1. The number of esters is 1. The highest BCUT2D eigenvalue weighted by Crippen LogP contribution is 2.14. The predicted molar refractivity (Wildman–Crippen MR) is 157 cm³/mol. The van der Waals surface area contributed by atoms with Crippen molar-refractivity contribution in [3.63, 3.8) is 0 Å². The van der Waals surface area contributed by atoms with Gasteiger partial charge in [0.15, 0.2) is 0 Å². The zero-order valence-corrected chi connectivity index (χ0v) is 24.2. The van der Waals surface area contributed by atoms with Gasteiger partial charge >= 0.3 is 12.1 Å². The van der Waals surface area contributed by atoms with E-state index in [2.05, 4.69) is 12.2 Å². The summed E-state index contributed by atoms with van der Waals surface area (Å²) >= 11 is 0. The molecule has 0 aromatic heterocycles. The molecule has 0 aliphatic heterocycles. The minimum Gasteiger partial charge on any atom is -0.465 e. The van der Waals surface area contributed by atoms with E-state index in [9.17, 15) is 9.59 Å². The molecule has 1 amide bonds. The summed E-state index contributed by atoms with van der Waals surface area (Å²) in [5, 5.41) is 2.72. The van der Waals surface area contributed by atoms with Crippen molar-refractivity contribution >= 4 is 12.1 Å². The van der Waals surface area contributed by atoms with Crippen LogP contribution in [0, 0.1) is 0 Å². The molecular formula is C32H56N2O4. The smallest absolute Gasteiger partial charge is 0.407 e. The molecule has 6 heteroatoms. The van der Waals surface area contributed by atoms with Crippen LogP contribution in [0.2, 0.25) is 0 Å². The highest BCUT2D eigenvalue weighted by Gasteiger charge is 2.14. The molecule has 0 unspecified atom stereocenters. The van der Waals surface area contributed by atoms with Gasteiger partial charge in [-0.2, -0.15) is 0 Å². The van der Waals surface area contributed by atoms with Crippen molar-refractivity contribution in [2.24, 2.45) is 5.73 Å². The Labute approximate surface area is 232 Å². The molecule has 0 aliphatic rings. The number of ether oxygens (including phenoxy) is 2. The summed E-state index contributed by atoms with van der Waals surface area (Å²) in [7, 11) is 0. The number of carbonyl (C=O) groups excluding carboxylic acids is 2. The number of amides is 1. The van der Waals surface area contributed by atoms with Crippen molar-refractivity contribution < 1.29 is 19.1 Å². The summed E-state index contributed by atoms with van der Waals surface area (Å²) in [6.07, 6.45) is 22.8. The van der Waals surface area contributed by atoms with Gasteiger partial charge in [0.05, 0.1) is 6.61 Å². The van der Waals surface area contributed by atoms with E-state index in [1.807, 2.05) is 30.3 Å². The van der Waals surface area contributed by atoms with Crippen LogP contribution in [0.25, 0.3) is 0 Å². The van der Waals surface area contributed by atoms with Crippen LogP contribution < -0.4 is 11.1 Å². The molecule has 0 radical (unpaired) electrons. The van der Waals surface area contributed by atoms with Gasteiger partial charge in [-0.1, -0.05) is 134 Å². The number of rotatable bonds is 25. The van der Waals surface area contributed by atoms with E-state index in [4.69, 9.17) is 15.2 Å². The molecule has 0 saturated carbocycles. The van der Waals surface area contributed by atoms with Gasteiger partial charge in [-0.15, -0.1) is 0 Å². The molecule has 1 rings (SSSR count). The number of nitrogens with two attached hydrogens (primary N) is 1. The predicted octanol–water partition coefficient (Wildman–Crippen LogP) is 8.22. The van der Waals surface area contributed by atoms with E-state index in [-0.39, 0.29) is 12.6 Å². The number of hydrogen-bond acceptors (Lipinski definition) is 5. The Bertz CT molecular complexity index is 683. The van der Waals surface area contributed by atoms with Crippen molar-refractivity contribution in [2.45, 2.75) is 142 Å². The molecule has 0 bridgehead atoms. The summed E-state index contributed by atoms with van der Waals surface area (Å²) in [5.41, 5.74) is 6.91. The third kappa shape index (κ3) is 20.9. The second-order valence-electron chi connectivity index (χ2n) is 10.6. The molecule has 1 aromatic carbocycles. The van der Waals surface area contributed by atoms with Gasteiger partial charge < -0.3 is 20.5 Å². The first kappa shape index (κ1) is 33.9. The molecule has 1 aromatic rings. The summed E-state index contributed by atoms with van der Waals surface area (Å²) < 4.78 is 10.5. The van der Waals surface area contributed by atoms with Crippen LogP contribution >= 0.6 is 0 Å². The number of nitrogens with one attached hydrogen (secondary N) is 1. The molecule has 0 aliphatic carbocycles. The summed E-state index contributed by atoms with van der Waals surface area (Å²) in [6.45, 7) is 3.48. The Kier molecular flexibility index (Phi) is 22.5. The minimum absolute atomic E-state index is 0.253. The Morgan fingerprint density at radius 2 is 1.24 bits per heavy atom. The van der Waals surface area contributed by atoms with Crippen LogP contribution in [0.3, 0.4) is 0 Å². The maximum absolute atomic E-state index is 12.1. The number of hydrogen-bond donors (Lipinski definition) is 2. The highest BCUT2D eigenvalue weighted by atomic mass is 16.5. The minimum atomic E-state index is -0.596. The lowest BCUT2D eigenvalue weighted by Crippen LogP contribution is -2.32. The summed E-state index contributed by atoms with van der Waals surface area (Å²) in [4.78, 5) is 23.8. The lowest BCUT2D eigenvalue weighted by molar-refractivity contribution is -0.145. The highest BCUT2D eigenvalue weighted by molar-refractivity contribution is 5.75. The maximum atomic E-state index is 12.1. The Hall–Kier alpha value is -2.08. The quantitative estimate of drug-likeness (QED) is 0.0978. The largest absolute Gasteiger partial charge is 0.465 e. The van der Waals surface area contributed by atoms with Crippen molar-refractivity contribution in [3.8, 4) is 0 Å². The second-order valence-corrected chi connectivity index (χ2v) is 10.6. The average Bonchev–Trinajstić information content (AvgIpc) is 2.93. The first-order valence-corrected chi connectivity index (χ1v) is 15.5. The third-order valence-corrected chi connectivity index (χ3v) is 6.97. The van der Waals surface area contributed by atoms with Gasteiger partial charge in [-0.05, 0) is 31.2 Å². The molecule has 0 spiro atoms. The van der Waals surface area contributed by atoms with Gasteiger partial charge in [-0.25, -0.2) is 4.79 Å². The van der Waals surface area contributed by atoms with E-state index in [1.165, 1.54) is 89.9 Å². The van der Waals surface area contributed by atoms with Crippen molar-refractivity contribution in [3.05, 3.63) is 35.9 Å². The molecule has 38 heavy (non-hydrogen) atoms. The molecule has 1 atom stereocenters. The van der Waals surface area contributed by atoms with E-state index >= 15 is 0 Å². The topological polar surface area (TPSA) is 90.6 Å². The Morgan fingerprint density at radius 3 is 1.79 bits per heavy atom. The lowest BCUT2D eigenvalue weighted by Gasteiger charge is -2.12. The van der Waals surface area contributed by atoms with Crippen LogP contribution in [0.4, 0.5) is 4.79 Å². The molecule has 0 saturated heterocycles.